The van der Waals surface area contributed by atoms with Crippen molar-refractivity contribution in [1.29, 1.82) is 0 Å². The third kappa shape index (κ3) is 2.89. The molecule has 0 aliphatic rings. The van der Waals surface area contributed by atoms with Gasteiger partial charge in [-0.15, -0.1) is 0 Å². The molecule has 1 N–H and O–H groups in total. The van der Waals surface area contributed by atoms with Gasteiger partial charge in [0, 0.05) is 48.5 Å². The summed E-state index contributed by atoms with van der Waals surface area (Å²) in [7, 11) is 1.96. The third-order valence-electron chi connectivity index (χ3n) is 4.68. The first kappa shape index (κ1) is 15.4. The molecule has 0 aliphatic carbocycles. The Labute approximate surface area is 147 Å². The molecule has 4 rings (SSSR count). The van der Waals surface area contributed by atoms with Crippen LogP contribution in [-0.4, -0.2) is 19.2 Å². The number of aryl methyl sites for hydroxylation is 2. The Kier molecular flexibility index (Phi) is 3.76. The van der Waals surface area contributed by atoms with E-state index in [2.05, 4.69) is 65.2 Å². The van der Waals surface area contributed by atoms with Crippen molar-refractivity contribution in [2.75, 3.05) is 5.32 Å². The lowest BCUT2D eigenvalue weighted by molar-refractivity contribution is 0.738. The highest BCUT2D eigenvalue weighted by Crippen LogP contribution is 2.22. The van der Waals surface area contributed by atoms with Gasteiger partial charge >= 0.3 is 0 Å². The van der Waals surface area contributed by atoms with Crippen LogP contribution in [0.1, 0.15) is 16.8 Å². The minimum Gasteiger partial charge on any atom is -0.381 e. The van der Waals surface area contributed by atoms with Crippen LogP contribution < -0.4 is 5.32 Å². The van der Waals surface area contributed by atoms with Crippen molar-refractivity contribution in [2.45, 2.75) is 20.4 Å². The van der Waals surface area contributed by atoms with Gasteiger partial charge in [0.25, 0.3) is 0 Å². The van der Waals surface area contributed by atoms with Gasteiger partial charge in [0.15, 0.2) is 0 Å². The average Bonchev–Trinajstić information content (AvgIpc) is 3.19. The highest BCUT2D eigenvalue weighted by atomic mass is 15.3. The second kappa shape index (κ2) is 6.09. The number of fused-ring (bicyclic) bond motifs is 1. The van der Waals surface area contributed by atoms with Crippen molar-refractivity contribution in [3.63, 3.8) is 0 Å². The van der Waals surface area contributed by atoms with Gasteiger partial charge in [0.1, 0.15) is 5.65 Å². The predicted octanol–water partition coefficient (Wildman–Crippen LogP) is 3.96. The quantitative estimate of drug-likeness (QED) is 0.616. The maximum atomic E-state index is 4.75. The number of nitrogens with one attached hydrogen (secondary N) is 1. The number of anilines is 1. The smallest absolute Gasteiger partial charge is 0.140 e. The topological polar surface area (TPSA) is 47.1 Å². The van der Waals surface area contributed by atoms with Gasteiger partial charge in [0.2, 0.25) is 0 Å². The van der Waals surface area contributed by atoms with Crippen molar-refractivity contribution in [3.8, 4) is 11.3 Å². The molecule has 0 saturated heterocycles. The summed E-state index contributed by atoms with van der Waals surface area (Å²) in [6.07, 6.45) is 6.02. The number of rotatable bonds is 4. The van der Waals surface area contributed by atoms with E-state index in [-0.39, 0.29) is 0 Å². The van der Waals surface area contributed by atoms with Gasteiger partial charge in [-0.05, 0) is 37.6 Å². The molecule has 0 fully saturated rings. The van der Waals surface area contributed by atoms with Gasteiger partial charge in [-0.25, -0.2) is 4.98 Å². The molecular weight excluding hydrogens is 310 g/mol. The van der Waals surface area contributed by atoms with Crippen molar-refractivity contribution >= 4 is 11.3 Å². The first-order chi connectivity index (χ1) is 12.1. The summed E-state index contributed by atoms with van der Waals surface area (Å²) < 4.78 is 3.97. The molecule has 0 saturated carbocycles. The van der Waals surface area contributed by atoms with Crippen LogP contribution in [0.25, 0.3) is 16.9 Å². The molecule has 5 nitrogen and oxygen atoms in total. The Morgan fingerprint density at radius 1 is 1.08 bits per heavy atom. The SMILES string of the molecule is Cc1cccn2cc(-c3ccc(NCc4cnn(C)c4C)cc3)nc12. The zero-order valence-corrected chi connectivity index (χ0v) is 14.7. The predicted molar refractivity (Wildman–Crippen MR) is 101 cm³/mol. The van der Waals surface area contributed by atoms with Crippen molar-refractivity contribution in [2.24, 2.45) is 7.05 Å². The summed E-state index contributed by atoms with van der Waals surface area (Å²) in [6, 6.07) is 12.5. The molecule has 3 heterocycles. The van der Waals surface area contributed by atoms with Crippen molar-refractivity contribution < 1.29 is 0 Å². The lowest BCUT2D eigenvalue weighted by Crippen LogP contribution is -2.01. The van der Waals surface area contributed by atoms with Crippen molar-refractivity contribution in [1.82, 2.24) is 19.2 Å². The fraction of sp³-hybridized carbons (Fsp3) is 0.200. The first-order valence-corrected chi connectivity index (χ1v) is 8.38. The Balaban J connectivity index is 1.53. The molecule has 0 bridgehead atoms. The van der Waals surface area contributed by atoms with Crippen LogP contribution >= 0.6 is 0 Å². The lowest BCUT2D eigenvalue weighted by Gasteiger charge is -2.07. The molecule has 0 amide bonds. The van der Waals surface area contributed by atoms with E-state index in [1.165, 1.54) is 16.8 Å². The summed E-state index contributed by atoms with van der Waals surface area (Å²) in [5, 5.41) is 7.73. The molecule has 0 unspecified atom stereocenters. The number of nitrogens with zero attached hydrogens (tertiary/aromatic N) is 4. The minimum atomic E-state index is 0.770. The normalized spacial score (nSPS) is 11.2. The van der Waals surface area contributed by atoms with E-state index < -0.39 is 0 Å². The van der Waals surface area contributed by atoms with Gasteiger partial charge in [0.05, 0.1) is 11.9 Å². The average molecular weight is 331 g/mol. The summed E-state index contributed by atoms with van der Waals surface area (Å²) >= 11 is 0. The van der Waals surface area contributed by atoms with Gasteiger partial charge in [-0.1, -0.05) is 18.2 Å². The highest BCUT2D eigenvalue weighted by Gasteiger charge is 2.07. The molecule has 25 heavy (non-hydrogen) atoms. The molecule has 4 aromatic rings. The summed E-state index contributed by atoms with van der Waals surface area (Å²) in [5.74, 6) is 0. The highest BCUT2D eigenvalue weighted by molar-refractivity contribution is 5.66. The van der Waals surface area contributed by atoms with E-state index in [1.807, 2.05) is 30.2 Å². The van der Waals surface area contributed by atoms with E-state index in [1.54, 1.807) is 0 Å². The summed E-state index contributed by atoms with van der Waals surface area (Å²) in [5.41, 5.74) is 7.78. The number of hydrogen-bond donors (Lipinski definition) is 1. The van der Waals surface area contributed by atoms with E-state index >= 15 is 0 Å². The molecule has 1 aromatic carbocycles. The Morgan fingerprint density at radius 2 is 1.88 bits per heavy atom. The Morgan fingerprint density at radius 3 is 2.56 bits per heavy atom. The van der Waals surface area contributed by atoms with Crippen molar-refractivity contribution in [3.05, 3.63) is 71.8 Å². The van der Waals surface area contributed by atoms with Crippen LogP contribution in [0.2, 0.25) is 0 Å². The zero-order chi connectivity index (χ0) is 17.4. The maximum absolute atomic E-state index is 4.75. The fourth-order valence-electron chi connectivity index (χ4n) is 2.97. The molecule has 3 aromatic heterocycles. The van der Waals surface area contributed by atoms with Crippen LogP contribution in [0, 0.1) is 13.8 Å². The van der Waals surface area contributed by atoms with Gasteiger partial charge < -0.3 is 9.72 Å². The largest absolute Gasteiger partial charge is 0.381 e. The number of pyridine rings is 1. The second-order valence-corrected chi connectivity index (χ2v) is 6.36. The molecular formula is C20H21N5. The van der Waals surface area contributed by atoms with Gasteiger partial charge in [-0.3, -0.25) is 4.68 Å². The molecule has 5 heteroatoms. The van der Waals surface area contributed by atoms with Crippen LogP contribution in [-0.2, 0) is 13.6 Å². The molecule has 0 aliphatic heterocycles. The molecule has 0 spiro atoms. The van der Waals surface area contributed by atoms with Crippen LogP contribution in [0.5, 0.6) is 0 Å². The van der Waals surface area contributed by atoms with Crippen LogP contribution in [0.3, 0.4) is 0 Å². The number of hydrogen-bond acceptors (Lipinski definition) is 3. The summed E-state index contributed by atoms with van der Waals surface area (Å²) in [4.78, 5) is 4.75. The van der Waals surface area contributed by atoms with Crippen LogP contribution in [0.4, 0.5) is 5.69 Å². The molecule has 0 atom stereocenters. The number of imidazole rings is 1. The maximum Gasteiger partial charge on any atom is 0.140 e. The van der Waals surface area contributed by atoms with Gasteiger partial charge in [-0.2, -0.15) is 5.10 Å². The second-order valence-electron chi connectivity index (χ2n) is 6.36. The van der Waals surface area contributed by atoms with E-state index in [4.69, 9.17) is 4.98 Å². The monoisotopic (exact) mass is 331 g/mol. The van der Waals surface area contributed by atoms with Crippen LogP contribution in [0.15, 0.2) is 55.0 Å². The minimum absolute atomic E-state index is 0.770. The number of benzene rings is 1. The lowest BCUT2D eigenvalue weighted by atomic mass is 10.1. The fourth-order valence-corrected chi connectivity index (χ4v) is 2.97. The Bertz CT molecular complexity index is 1020. The third-order valence-corrected chi connectivity index (χ3v) is 4.68. The first-order valence-electron chi connectivity index (χ1n) is 8.38. The van der Waals surface area contributed by atoms with E-state index in [0.29, 0.717) is 0 Å². The number of aromatic nitrogens is 4. The standard InChI is InChI=1S/C20H21N5/c1-14-5-4-10-25-13-19(23-20(14)25)16-6-8-18(9-7-16)21-11-17-12-22-24(3)15(17)2/h4-10,12-13,21H,11H2,1-3H3. The van der Waals surface area contributed by atoms with E-state index in [0.717, 1.165) is 29.1 Å². The molecule has 0 radical (unpaired) electrons. The zero-order valence-electron chi connectivity index (χ0n) is 14.7. The summed E-state index contributed by atoms with van der Waals surface area (Å²) in [6.45, 7) is 4.94. The molecule has 126 valence electrons. The van der Waals surface area contributed by atoms with E-state index in [9.17, 15) is 0 Å². The Hall–Kier alpha value is -3.08.